The Balaban J connectivity index is 1.74. The first-order valence-corrected chi connectivity index (χ1v) is 8.78. The second-order valence-electron chi connectivity index (χ2n) is 7.95. The van der Waals surface area contributed by atoms with Gasteiger partial charge >= 0.3 is 0 Å². The van der Waals surface area contributed by atoms with Gasteiger partial charge in [-0.2, -0.15) is 5.26 Å². The van der Waals surface area contributed by atoms with Crippen LogP contribution in [0.1, 0.15) is 51.5 Å². The van der Waals surface area contributed by atoms with E-state index in [1.165, 1.54) is 37.7 Å². The van der Waals surface area contributed by atoms with Crippen molar-refractivity contribution in [2.45, 2.75) is 58.5 Å². The fraction of sp³-hybridized carbons (Fsp3) is 0.650. The molecule has 0 saturated heterocycles. The van der Waals surface area contributed by atoms with Crippen LogP contribution in [0.5, 0.6) is 0 Å². The van der Waals surface area contributed by atoms with Crippen molar-refractivity contribution in [2.24, 2.45) is 23.2 Å². The summed E-state index contributed by atoms with van der Waals surface area (Å²) in [5, 5.41) is 13.4. The zero-order valence-electron chi connectivity index (χ0n) is 13.9. The van der Waals surface area contributed by atoms with Gasteiger partial charge in [-0.1, -0.05) is 44.2 Å². The summed E-state index contributed by atoms with van der Waals surface area (Å²) in [4.78, 5) is 0. The summed E-state index contributed by atoms with van der Waals surface area (Å²) in [5.74, 6) is 2.36. The van der Waals surface area contributed by atoms with Crippen molar-refractivity contribution in [3.63, 3.8) is 0 Å². The standard InChI is InChI=1S/C20H28N2/c1-15-8-18-9-16(2)11-20(10-15,12-18)19(13-21)22-14-17-6-4-3-5-7-17/h3-7,15-16,18-19,22H,8-12,14H2,1-2H3. The molecule has 2 saturated carbocycles. The highest BCUT2D eigenvalue weighted by molar-refractivity contribution is 5.16. The van der Waals surface area contributed by atoms with E-state index in [-0.39, 0.29) is 11.5 Å². The van der Waals surface area contributed by atoms with Gasteiger partial charge in [0.15, 0.2) is 0 Å². The highest BCUT2D eigenvalue weighted by Crippen LogP contribution is 2.54. The first-order chi connectivity index (χ1) is 10.6. The molecule has 0 spiro atoms. The Labute approximate surface area is 134 Å². The van der Waals surface area contributed by atoms with Gasteiger partial charge in [-0.3, -0.25) is 5.32 Å². The lowest BCUT2D eigenvalue weighted by molar-refractivity contribution is 0.00137. The lowest BCUT2D eigenvalue weighted by Gasteiger charge is -2.52. The van der Waals surface area contributed by atoms with Crippen LogP contribution in [-0.4, -0.2) is 6.04 Å². The van der Waals surface area contributed by atoms with Crippen LogP contribution >= 0.6 is 0 Å². The highest BCUT2D eigenvalue weighted by atomic mass is 14.9. The third-order valence-corrected chi connectivity index (χ3v) is 5.77. The van der Waals surface area contributed by atoms with Crippen LogP contribution in [0.25, 0.3) is 0 Å². The summed E-state index contributed by atoms with van der Waals surface area (Å²) >= 11 is 0. The fourth-order valence-electron chi connectivity index (χ4n) is 5.35. The normalized spacial score (nSPS) is 35.6. The molecule has 118 valence electrons. The number of nitrogens with zero attached hydrogens (tertiary/aromatic N) is 1. The Morgan fingerprint density at radius 1 is 1.14 bits per heavy atom. The summed E-state index contributed by atoms with van der Waals surface area (Å²) in [7, 11) is 0. The van der Waals surface area contributed by atoms with E-state index in [2.05, 4.69) is 49.5 Å². The largest absolute Gasteiger partial charge is 0.297 e. The highest BCUT2D eigenvalue weighted by Gasteiger charge is 2.48. The minimum absolute atomic E-state index is 0.0132. The Hall–Kier alpha value is -1.33. The molecule has 2 bridgehead atoms. The fourth-order valence-corrected chi connectivity index (χ4v) is 5.35. The first-order valence-electron chi connectivity index (χ1n) is 8.78. The average Bonchev–Trinajstić information content (AvgIpc) is 2.47. The van der Waals surface area contributed by atoms with Gasteiger partial charge < -0.3 is 0 Å². The van der Waals surface area contributed by atoms with Gasteiger partial charge in [-0.15, -0.1) is 0 Å². The van der Waals surface area contributed by atoms with Gasteiger partial charge in [0.25, 0.3) is 0 Å². The molecule has 3 rings (SSSR count). The summed E-state index contributed by atoms with van der Waals surface area (Å²) in [6.45, 7) is 5.55. The van der Waals surface area contributed by atoms with E-state index >= 15 is 0 Å². The number of nitrogens with one attached hydrogen (secondary N) is 1. The maximum atomic E-state index is 9.82. The van der Waals surface area contributed by atoms with Crippen molar-refractivity contribution < 1.29 is 0 Å². The van der Waals surface area contributed by atoms with Crippen LogP contribution in [0.2, 0.25) is 0 Å². The molecule has 2 heteroatoms. The predicted molar refractivity (Wildman–Crippen MR) is 90.0 cm³/mol. The number of rotatable bonds is 4. The molecular formula is C20H28N2. The molecule has 0 radical (unpaired) electrons. The molecule has 2 nitrogen and oxygen atoms in total. The molecule has 1 aromatic carbocycles. The zero-order chi connectivity index (χ0) is 15.6. The van der Waals surface area contributed by atoms with E-state index < -0.39 is 0 Å². The van der Waals surface area contributed by atoms with Crippen LogP contribution in [0.3, 0.4) is 0 Å². The van der Waals surface area contributed by atoms with Crippen molar-refractivity contribution in [3.05, 3.63) is 35.9 Å². The number of hydrogen-bond acceptors (Lipinski definition) is 2. The second kappa shape index (κ2) is 6.42. The number of hydrogen-bond donors (Lipinski definition) is 1. The average molecular weight is 296 g/mol. The topological polar surface area (TPSA) is 35.8 Å². The lowest BCUT2D eigenvalue weighted by atomic mass is 9.54. The Bertz CT molecular complexity index is 511. The molecule has 0 amide bonds. The molecule has 3 atom stereocenters. The van der Waals surface area contributed by atoms with E-state index in [4.69, 9.17) is 0 Å². The van der Waals surface area contributed by atoms with E-state index in [9.17, 15) is 5.26 Å². The van der Waals surface area contributed by atoms with Gasteiger partial charge in [0, 0.05) is 6.54 Å². The lowest BCUT2D eigenvalue weighted by Crippen LogP contribution is -2.51. The first kappa shape index (κ1) is 15.6. The van der Waals surface area contributed by atoms with Gasteiger partial charge in [0.1, 0.15) is 6.04 Å². The molecule has 0 heterocycles. The molecule has 2 aliphatic rings. The minimum atomic E-state index is -0.0132. The molecule has 22 heavy (non-hydrogen) atoms. The zero-order valence-corrected chi connectivity index (χ0v) is 13.9. The second-order valence-corrected chi connectivity index (χ2v) is 7.95. The summed E-state index contributed by atoms with van der Waals surface area (Å²) in [5.41, 5.74) is 1.46. The molecule has 0 aromatic heterocycles. The van der Waals surface area contributed by atoms with E-state index in [0.717, 1.165) is 24.3 Å². The molecule has 1 N–H and O–H groups in total. The smallest absolute Gasteiger partial charge is 0.101 e. The number of fused-ring (bicyclic) bond motifs is 2. The third kappa shape index (κ3) is 3.20. The number of benzene rings is 1. The quantitative estimate of drug-likeness (QED) is 0.886. The van der Waals surface area contributed by atoms with Crippen LogP contribution < -0.4 is 5.32 Å². The van der Waals surface area contributed by atoms with Crippen LogP contribution in [-0.2, 0) is 6.54 Å². The van der Waals surface area contributed by atoms with Crippen LogP contribution in [0.15, 0.2) is 30.3 Å². The summed E-state index contributed by atoms with van der Waals surface area (Å²) in [6, 6.07) is 13.0. The predicted octanol–water partition coefficient (Wildman–Crippen LogP) is 4.52. The molecule has 0 aliphatic heterocycles. The van der Waals surface area contributed by atoms with Gasteiger partial charge in [-0.05, 0) is 60.8 Å². The Morgan fingerprint density at radius 3 is 2.36 bits per heavy atom. The maximum Gasteiger partial charge on any atom is 0.101 e. The van der Waals surface area contributed by atoms with Gasteiger partial charge in [0.05, 0.1) is 6.07 Å². The maximum absolute atomic E-state index is 9.82. The van der Waals surface area contributed by atoms with E-state index in [1.807, 2.05) is 6.07 Å². The minimum Gasteiger partial charge on any atom is -0.297 e. The van der Waals surface area contributed by atoms with Crippen molar-refractivity contribution in [1.82, 2.24) is 5.32 Å². The van der Waals surface area contributed by atoms with Gasteiger partial charge in [0.2, 0.25) is 0 Å². The van der Waals surface area contributed by atoms with Gasteiger partial charge in [-0.25, -0.2) is 0 Å². The van der Waals surface area contributed by atoms with E-state index in [1.54, 1.807) is 0 Å². The van der Waals surface area contributed by atoms with Crippen molar-refractivity contribution in [2.75, 3.05) is 0 Å². The van der Waals surface area contributed by atoms with Crippen LogP contribution in [0, 0.1) is 34.5 Å². The molecule has 2 aliphatic carbocycles. The molecule has 1 aromatic rings. The van der Waals surface area contributed by atoms with Crippen molar-refractivity contribution >= 4 is 0 Å². The SMILES string of the molecule is CC1CC2CC(C)CC(C(C#N)NCc3ccccc3)(C1)C2. The molecule has 2 fully saturated rings. The van der Waals surface area contributed by atoms with Crippen LogP contribution in [0.4, 0.5) is 0 Å². The van der Waals surface area contributed by atoms with Crippen molar-refractivity contribution in [3.8, 4) is 6.07 Å². The molecular weight excluding hydrogens is 268 g/mol. The third-order valence-electron chi connectivity index (χ3n) is 5.77. The molecule has 3 unspecified atom stereocenters. The monoisotopic (exact) mass is 296 g/mol. The summed E-state index contributed by atoms with van der Waals surface area (Å²) < 4.78 is 0. The number of nitriles is 1. The Kier molecular flexibility index (Phi) is 4.54. The summed E-state index contributed by atoms with van der Waals surface area (Å²) in [6.07, 6.45) is 6.41. The van der Waals surface area contributed by atoms with Crippen molar-refractivity contribution in [1.29, 1.82) is 5.26 Å². The van der Waals surface area contributed by atoms with E-state index in [0.29, 0.717) is 0 Å². The Morgan fingerprint density at radius 2 is 1.77 bits per heavy atom.